The lowest BCUT2D eigenvalue weighted by Gasteiger charge is -2.41. The summed E-state index contributed by atoms with van der Waals surface area (Å²) in [5, 5.41) is 9.13. The van der Waals surface area contributed by atoms with Gasteiger partial charge in [0.15, 0.2) is 0 Å². The van der Waals surface area contributed by atoms with Gasteiger partial charge in [-0.2, -0.15) is 5.26 Å². The summed E-state index contributed by atoms with van der Waals surface area (Å²) in [5.74, 6) is 0.721. The third-order valence-electron chi connectivity index (χ3n) is 8.00. The third kappa shape index (κ3) is 5.52. The van der Waals surface area contributed by atoms with E-state index in [-0.39, 0.29) is 12.0 Å². The summed E-state index contributed by atoms with van der Waals surface area (Å²) in [6.07, 6.45) is 10.5. The second-order valence-electron chi connectivity index (χ2n) is 10.2. The SMILES string of the molecule is N#Cc1ccc(CC(c2cnc[nH]2)N2CCN(C(=O)C(c3ccccc3)C3CCCCC3)CC2)cc1. The molecule has 6 heteroatoms. The van der Waals surface area contributed by atoms with Gasteiger partial charge in [0.1, 0.15) is 0 Å². The Labute approximate surface area is 214 Å². The Balaban J connectivity index is 1.29. The first-order chi connectivity index (χ1) is 17.7. The van der Waals surface area contributed by atoms with E-state index in [1.165, 1.54) is 30.4 Å². The number of H-pyrrole nitrogens is 1. The Morgan fingerprint density at radius 3 is 2.36 bits per heavy atom. The lowest BCUT2D eigenvalue weighted by atomic mass is 9.76. The molecule has 2 unspecified atom stereocenters. The zero-order valence-corrected chi connectivity index (χ0v) is 20.9. The van der Waals surface area contributed by atoms with Crippen LogP contribution in [-0.4, -0.2) is 51.9 Å². The average Bonchev–Trinajstić information content (AvgIpc) is 3.48. The summed E-state index contributed by atoms with van der Waals surface area (Å²) in [5.41, 5.74) is 4.12. The maximum atomic E-state index is 13.9. The van der Waals surface area contributed by atoms with Gasteiger partial charge in [-0.05, 0) is 48.4 Å². The van der Waals surface area contributed by atoms with Gasteiger partial charge in [0.25, 0.3) is 0 Å². The van der Waals surface area contributed by atoms with Crippen molar-refractivity contribution in [3.63, 3.8) is 0 Å². The molecule has 1 aromatic heterocycles. The van der Waals surface area contributed by atoms with Crippen molar-refractivity contribution in [2.45, 2.75) is 50.5 Å². The molecule has 5 rings (SSSR count). The fraction of sp³-hybridized carbons (Fsp3) is 0.433. The molecule has 1 N–H and O–H groups in total. The number of aromatic nitrogens is 2. The minimum atomic E-state index is -0.0277. The molecular formula is C30H35N5O. The summed E-state index contributed by atoms with van der Waals surface area (Å²) in [7, 11) is 0. The van der Waals surface area contributed by atoms with Gasteiger partial charge in [-0.3, -0.25) is 9.69 Å². The van der Waals surface area contributed by atoms with Crippen molar-refractivity contribution < 1.29 is 4.79 Å². The van der Waals surface area contributed by atoms with Crippen molar-refractivity contribution in [2.24, 2.45) is 5.92 Å². The Hall–Kier alpha value is -3.43. The second kappa shape index (κ2) is 11.5. The Kier molecular flexibility index (Phi) is 7.78. The number of amides is 1. The number of nitriles is 1. The van der Waals surface area contributed by atoms with Crippen LogP contribution in [0, 0.1) is 17.2 Å². The van der Waals surface area contributed by atoms with Gasteiger partial charge in [0.2, 0.25) is 5.91 Å². The molecule has 2 fully saturated rings. The Bertz CT molecular complexity index is 1140. The van der Waals surface area contributed by atoms with Crippen LogP contribution in [0.25, 0.3) is 0 Å². The van der Waals surface area contributed by atoms with Crippen molar-refractivity contribution in [1.82, 2.24) is 19.8 Å². The van der Waals surface area contributed by atoms with Crippen molar-refractivity contribution in [3.8, 4) is 6.07 Å². The van der Waals surface area contributed by atoms with Gasteiger partial charge < -0.3 is 9.88 Å². The maximum Gasteiger partial charge on any atom is 0.230 e. The van der Waals surface area contributed by atoms with Gasteiger partial charge in [0, 0.05) is 32.4 Å². The first-order valence-electron chi connectivity index (χ1n) is 13.3. The molecule has 6 nitrogen and oxygen atoms in total. The largest absolute Gasteiger partial charge is 0.347 e. The van der Waals surface area contributed by atoms with E-state index >= 15 is 0 Å². The van der Waals surface area contributed by atoms with Crippen LogP contribution in [-0.2, 0) is 11.2 Å². The molecule has 2 aromatic carbocycles. The van der Waals surface area contributed by atoms with Gasteiger partial charge in [-0.15, -0.1) is 0 Å². The van der Waals surface area contributed by atoms with Gasteiger partial charge in [0.05, 0.1) is 35.6 Å². The number of carbonyl (C=O) groups excluding carboxylic acids is 1. The zero-order valence-electron chi connectivity index (χ0n) is 20.9. The average molecular weight is 482 g/mol. The number of piperazine rings is 1. The molecule has 2 aliphatic rings. The molecule has 1 saturated carbocycles. The molecule has 2 heterocycles. The molecule has 2 atom stereocenters. The summed E-state index contributed by atoms with van der Waals surface area (Å²) >= 11 is 0. The maximum absolute atomic E-state index is 13.9. The van der Waals surface area contributed by atoms with E-state index in [2.05, 4.69) is 50.1 Å². The van der Waals surface area contributed by atoms with E-state index in [0.29, 0.717) is 17.4 Å². The lowest BCUT2D eigenvalue weighted by molar-refractivity contribution is -0.136. The Morgan fingerprint density at radius 1 is 1.00 bits per heavy atom. The van der Waals surface area contributed by atoms with Crippen molar-refractivity contribution in [1.29, 1.82) is 5.26 Å². The standard InChI is InChI=1S/C30H35N5O/c31-20-24-13-11-23(12-14-24)19-28(27-21-32-22-33-27)34-15-17-35(18-16-34)30(36)29(25-7-3-1-4-8-25)26-9-5-2-6-10-26/h1,3-4,7-8,11-14,21-22,26,28-29H,2,5-6,9-10,15-19H2,(H,32,33). The van der Waals surface area contributed by atoms with Gasteiger partial charge in [-0.25, -0.2) is 4.98 Å². The summed E-state index contributed by atoms with van der Waals surface area (Å²) in [6.45, 7) is 3.15. The number of hydrogen-bond acceptors (Lipinski definition) is 4. The smallest absolute Gasteiger partial charge is 0.230 e. The van der Waals surface area contributed by atoms with Crippen molar-refractivity contribution in [2.75, 3.05) is 26.2 Å². The monoisotopic (exact) mass is 481 g/mol. The number of rotatable bonds is 7. The molecule has 1 saturated heterocycles. The first-order valence-corrected chi connectivity index (χ1v) is 13.3. The fourth-order valence-electron chi connectivity index (χ4n) is 6.02. The molecule has 36 heavy (non-hydrogen) atoms. The number of imidazole rings is 1. The van der Waals surface area contributed by atoms with E-state index in [9.17, 15) is 4.79 Å². The highest BCUT2D eigenvalue weighted by molar-refractivity contribution is 5.84. The predicted octanol–water partition coefficient (Wildman–Crippen LogP) is 5.07. The van der Waals surface area contributed by atoms with Crippen molar-refractivity contribution in [3.05, 3.63) is 89.5 Å². The highest BCUT2D eigenvalue weighted by atomic mass is 16.2. The highest BCUT2D eigenvalue weighted by Crippen LogP contribution is 2.38. The minimum Gasteiger partial charge on any atom is -0.347 e. The summed E-state index contributed by atoms with van der Waals surface area (Å²) < 4.78 is 0. The van der Waals surface area contributed by atoms with Crippen molar-refractivity contribution >= 4 is 5.91 Å². The molecule has 1 aliphatic carbocycles. The van der Waals surface area contributed by atoms with Crippen LogP contribution in [0.5, 0.6) is 0 Å². The normalized spacial score (nSPS) is 18.9. The second-order valence-corrected chi connectivity index (χ2v) is 10.2. The summed E-state index contributed by atoms with van der Waals surface area (Å²) in [4.78, 5) is 26.1. The van der Waals surface area contributed by atoms with E-state index in [1.54, 1.807) is 6.33 Å². The summed E-state index contributed by atoms with van der Waals surface area (Å²) in [6, 6.07) is 20.6. The number of hydrogen-bond donors (Lipinski definition) is 1. The van der Waals surface area contributed by atoms with E-state index < -0.39 is 0 Å². The molecule has 1 amide bonds. The highest BCUT2D eigenvalue weighted by Gasteiger charge is 2.36. The molecule has 0 bridgehead atoms. The van der Waals surface area contributed by atoms with Crippen LogP contribution >= 0.6 is 0 Å². The third-order valence-corrected chi connectivity index (χ3v) is 8.00. The quantitative estimate of drug-likeness (QED) is 0.511. The number of carbonyl (C=O) groups is 1. The molecule has 3 aromatic rings. The van der Waals surface area contributed by atoms with Crippen LogP contribution in [0.3, 0.4) is 0 Å². The fourth-order valence-corrected chi connectivity index (χ4v) is 6.02. The van der Waals surface area contributed by atoms with Crippen LogP contribution in [0.4, 0.5) is 0 Å². The van der Waals surface area contributed by atoms with Crippen LogP contribution in [0.2, 0.25) is 0 Å². The number of nitrogens with zero attached hydrogens (tertiary/aromatic N) is 4. The Morgan fingerprint density at radius 2 is 1.72 bits per heavy atom. The van der Waals surface area contributed by atoms with Gasteiger partial charge >= 0.3 is 0 Å². The molecule has 0 radical (unpaired) electrons. The topological polar surface area (TPSA) is 76.0 Å². The number of aromatic amines is 1. The number of benzene rings is 2. The predicted molar refractivity (Wildman–Crippen MR) is 140 cm³/mol. The molecule has 186 valence electrons. The van der Waals surface area contributed by atoms with Crippen LogP contribution in [0.1, 0.15) is 66.4 Å². The zero-order chi connectivity index (χ0) is 24.7. The molecular weight excluding hydrogens is 446 g/mol. The lowest BCUT2D eigenvalue weighted by Crippen LogP contribution is -2.51. The minimum absolute atomic E-state index is 0.0277. The van der Waals surface area contributed by atoms with E-state index in [4.69, 9.17) is 5.26 Å². The van der Waals surface area contributed by atoms with E-state index in [1.807, 2.05) is 36.5 Å². The van der Waals surface area contributed by atoms with Gasteiger partial charge in [-0.1, -0.05) is 61.7 Å². The molecule has 1 aliphatic heterocycles. The first kappa shape index (κ1) is 24.3. The van der Waals surface area contributed by atoms with E-state index in [0.717, 1.165) is 51.1 Å². The number of nitrogens with one attached hydrogen (secondary N) is 1. The molecule has 0 spiro atoms. The van der Waals surface area contributed by atoms with Crippen LogP contribution < -0.4 is 0 Å². The van der Waals surface area contributed by atoms with Crippen LogP contribution in [0.15, 0.2) is 67.1 Å².